The molecular formula is C12H12N4S. The van der Waals surface area contributed by atoms with Crippen LogP contribution in [0.2, 0.25) is 0 Å². The second kappa shape index (κ2) is 5.41. The van der Waals surface area contributed by atoms with Gasteiger partial charge < -0.3 is 5.32 Å². The Hall–Kier alpha value is -1.93. The predicted molar refractivity (Wildman–Crippen MR) is 68.0 cm³/mol. The fraction of sp³-hybridized carbons (Fsp3) is 0.250. The maximum absolute atomic E-state index is 8.91. The van der Waals surface area contributed by atoms with Crippen LogP contribution in [0.1, 0.15) is 16.3 Å². The zero-order valence-corrected chi connectivity index (χ0v) is 10.3. The Morgan fingerprint density at radius 2 is 2.41 bits per heavy atom. The van der Waals surface area contributed by atoms with Gasteiger partial charge in [-0.2, -0.15) is 5.26 Å². The Labute approximate surface area is 104 Å². The number of aromatic nitrogens is 2. The van der Waals surface area contributed by atoms with Crippen LogP contribution in [-0.4, -0.2) is 16.5 Å². The first kappa shape index (κ1) is 11.6. The first-order valence-corrected chi connectivity index (χ1v) is 6.16. The minimum Gasteiger partial charge on any atom is -0.382 e. The lowest BCUT2D eigenvalue weighted by atomic mass is 10.2. The molecule has 2 rings (SSSR count). The van der Waals surface area contributed by atoms with Gasteiger partial charge in [-0.25, -0.2) is 4.98 Å². The highest BCUT2D eigenvalue weighted by Gasteiger charge is 2.01. The van der Waals surface area contributed by atoms with E-state index in [0.29, 0.717) is 5.56 Å². The molecule has 0 radical (unpaired) electrons. The van der Waals surface area contributed by atoms with Gasteiger partial charge in [0.2, 0.25) is 0 Å². The van der Waals surface area contributed by atoms with Crippen molar-refractivity contribution in [3.8, 4) is 6.07 Å². The molecule has 0 saturated carbocycles. The molecule has 0 atom stereocenters. The summed E-state index contributed by atoms with van der Waals surface area (Å²) in [6.07, 6.45) is 4.14. The van der Waals surface area contributed by atoms with Gasteiger partial charge in [0.25, 0.3) is 0 Å². The van der Waals surface area contributed by atoms with Crippen LogP contribution in [0.5, 0.6) is 0 Å². The zero-order valence-electron chi connectivity index (χ0n) is 9.47. The van der Waals surface area contributed by atoms with E-state index in [1.54, 1.807) is 29.8 Å². The summed E-state index contributed by atoms with van der Waals surface area (Å²) in [6.45, 7) is 2.75. The molecule has 4 nitrogen and oxygen atoms in total. The van der Waals surface area contributed by atoms with Gasteiger partial charge in [0.05, 0.1) is 28.1 Å². The molecule has 0 aliphatic heterocycles. The van der Waals surface area contributed by atoms with Crippen LogP contribution in [0.3, 0.4) is 0 Å². The SMILES string of the molecule is Cc1nc(CCNc2cnccc2C#N)cs1. The number of aryl methyl sites for hydroxylation is 1. The van der Waals surface area contributed by atoms with Gasteiger partial charge in [0.15, 0.2) is 0 Å². The Kier molecular flexibility index (Phi) is 3.68. The highest BCUT2D eigenvalue weighted by molar-refractivity contribution is 7.09. The molecule has 0 spiro atoms. The van der Waals surface area contributed by atoms with Crippen LogP contribution >= 0.6 is 11.3 Å². The number of nitriles is 1. The molecule has 0 unspecified atom stereocenters. The number of thiazole rings is 1. The van der Waals surface area contributed by atoms with E-state index in [-0.39, 0.29) is 0 Å². The highest BCUT2D eigenvalue weighted by Crippen LogP contribution is 2.12. The van der Waals surface area contributed by atoms with Crippen molar-refractivity contribution < 1.29 is 0 Å². The Morgan fingerprint density at radius 1 is 1.53 bits per heavy atom. The van der Waals surface area contributed by atoms with E-state index in [1.165, 1.54) is 0 Å². The summed E-state index contributed by atoms with van der Waals surface area (Å²) in [5.74, 6) is 0. The number of rotatable bonds is 4. The van der Waals surface area contributed by atoms with Crippen molar-refractivity contribution in [1.82, 2.24) is 9.97 Å². The van der Waals surface area contributed by atoms with Crippen molar-refractivity contribution in [2.75, 3.05) is 11.9 Å². The van der Waals surface area contributed by atoms with Crippen LogP contribution in [0, 0.1) is 18.3 Å². The van der Waals surface area contributed by atoms with Crippen molar-refractivity contribution in [2.24, 2.45) is 0 Å². The number of hydrogen-bond donors (Lipinski definition) is 1. The van der Waals surface area contributed by atoms with Gasteiger partial charge in [-0.05, 0) is 13.0 Å². The smallest absolute Gasteiger partial charge is 0.101 e. The standard InChI is InChI=1S/C12H12N4S/c1-9-16-11(8-17-9)3-5-15-12-7-14-4-2-10(12)6-13/h2,4,7-8,15H,3,5H2,1H3. The van der Waals surface area contributed by atoms with Crippen LogP contribution in [0.25, 0.3) is 0 Å². The quantitative estimate of drug-likeness (QED) is 0.897. The molecule has 2 aromatic heterocycles. The number of nitrogens with one attached hydrogen (secondary N) is 1. The van der Waals surface area contributed by atoms with Gasteiger partial charge in [0, 0.05) is 24.5 Å². The molecular weight excluding hydrogens is 232 g/mol. The number of pyridine rings is 1. The maximum Gasteiger partial charge on any atom is 0.101 e. The third kappa shape index (κ3) is 3.02. The first-order chi connectivity index (χ1) is 8.29. The molecule has 0 aliphatic rings. The van der Waals surface area contributed by atoms with Gasteiger partial charge in [-0.1, -0.05) is 0 Å². The fourth-order valence-corrected chi connectivity index (χ4v) is 2.13. The lowest BCUT2D eigenvalue weighted by Crippen LogP contribution is -2.06. The fourth-order valence-electron chi connectivity index (χ4n) is 1.48. The van der Waals surface area contributed by atoms with Gasteiger partial charge in [0.1, 0.15) is 6.07 Å². The summed E-state index contributed by atoms with van der Waals surface area (Å²) in [5, 5.41) is 15.3. The number of nitrogens with zero attached hydrogens (tertiary/aromatic N) is 3. The Bertz CT molecular complexity index is 541. The summed E-state index contributed by atoms with van der Waals surface area (Å²) in [6, 6.07) is 3.84. The van der Waals surface area contributed by atoms with Gasteiger partial charge in [-0.15, -0.1) is 11.3 Å². The minimum absolute atomic E-state index is 0.620. The topological polar surface area (TPSA) is 61.6 Å². The Balaban J connectivity index is 1.92. The van der Waals surface area contributed by atoms with E-state index in [1.807, 2.05) is 6.92 Å². The van der Waals surface area contributed by atoms with E-state index < -0.39 is 0 Å². The maximum atomic E-state index is 8.91. The van der Waals surface area contributed by atoms with Crippen molar-refractivity contribution in [3.05, 3.63) is 40.1 Å². The molecule has 0 saturated heterocycles. The van der Waals surface area contributed by atoms with Crippen LogP contribution in [0.4, 0.5) is 5.69 Å². The van der Waals surface area contributed by atoms with Crippen LogP contribution in [0.15, 0.2) is 23.8 Å². The minimum atomic E-state index is 0.620. The van der Waals surface area contributed by atoms with E-state index in [2.05, 4.69) is 26.7 Å². The van der Waals surface area contributed by atoms with Crippen molar-refractivity contribution >= 4 is 17.0 Å². The summed E-state index contributed by atoms with van der Waals surface area (Å²) in [7, 11) is 0. The lowest BCUT2D eigenvalue weighted by molar-refractivity contribution is 0.966. The number of hydrogen-bond acceptors (Lipinski definition) is 5. The molecule has 0 fully saturated rings. The van der Waals surface area contributed by atoms with Crippen LogP contribution in [-0.2, 0) is 6.42 Å². The summed E-state index contributed by atoms with van der Waals surface area (Å²) in [4.78, 5) is 8.38. The molecule has 2 aromatic rings. The van der Waals surface area contributed by atoms with Crippen molar-refractivity contribution in [3.63, 3.8) is 0 Å². The van der Waals surface area contributed by atoms with E-state index in [9.17, 15) is 0 Å². The molecule has 5 heteroatoms. The molecule has 86 valence electrons. The zero-order chi connectivity index (χ0) is 12.1. The molecule has 0 amide bonds. The van der Waals surface area contributed by atoms with Crippen LogP contribution < -0.4 is 5.32 Å². The van der Waals surface area contributed by atoms with Crippen molar-refractivity contribution in [1.29, 1.82) is 5.26 Å². The highest BCUT2D eigenvalue weighted by atomic mass is 32.1. The molecule has 2 heterocycles. The molecule has 1 N–H and O–H groups in total. The third-order valence-corrected chi connectivity index (χ3v) is 3.13. The molecule has 0 bridgehead atoms. The average molecular weight is 244 g/mol. The molecule has 0 aromatic carbocycles. The largest absolute Gasteiger partial charge is 0.382 e. The average Bonchev–Trinajstić information content (AvgIpc) is 2.76. The summed E-state index contributed by atoms with van der Waals surface area (Å²) >= 11 is 1.65. The summed E-state index contributed by atoms with van der Waals surface area (Å²) < 4.78 is 0. The molecule has 0 aliphatic carbocycles. The normalized spacial score (nSPS) is 9.88. The van der Waals surface area contributed by atoms with E-state index in [4.69, 9.17) is 5.26 Å². The lowest BCUT2D eigenvalue weighted by Gasteiger charge is -2.05. The second-order valence-corrected chi connectivity index (χ2v) is 4.63. The van der Waals surface area contributed by atoms with E-state index >= 15 is 0 Å². The predicted octanol–water partition coefficient (Wildman–Crippen LogP) is 2.37. The second-order valence-electron chi connectivity index (χ2n) is 3.57. The Morgan fingerprint density at radius 3 is 3.12 bits per heavy atom. The molecule has 17 heavy (non-hydrogen) atoms. The van der Waals surface area contributed by atoms with Gasteiger partial charge in [-0.3, -0.25) is 4.98 Å². The van der Waals surface area contributed by atoms with Crippen molar-refractivity contribution in [2.45, 2.75) is 13.3 Å². The monoisotopic (exact) mass is 244 g/mol. The first-order valence-electron chi connectivity index (χ1n) is 5.28. The van der Waals surface area contributed by atoms with Gasteiger partial charge >= 0.3 is 0 Å². The number of anilines is 1. The summed E-state index contributed by atoms with van der Waals surface area (Å²) in [5.41, 5.74) is 2.49. The van der Waals surface area contributed by atoms with E-state index in [0.717, 1.165) is 29.4 Å². The third-order valence-electron chi connectivity index (χ3n) is 2.30.